The van der Waals surface area contributed by atoms with E-state index < -0.39 is 4.92 Å². The van der Waals surface area contributed by atoms with E-state index in [1.54, 1.807) is 19.1 Å². The van der Waals surface area contributed by atoms with Crippen LogP contribution in [-0.2, 0) is 4.79 Å². The smallest absolute Gasteiger partial charge is 0.269 e. The molecular weight excluding hydrogens is 464 g/mol. The number of rotatable bonds is 8. The Morgan fingerprint density at radius 1 is 1.03 bits per heavy atom. The molecule has 3 aromatic carbocycles. The molecule has 10 heteroatoms. The Bertz CT molecular complexity index is 1370. The highest BCUT2D eigenvalue weighted by Crippen LogP contribution is 2.28. The molecule has 0 aliphatic carbocycles. The zero-order valence-electron chi connectivity index (χ0n) is 19.1. The molecule has 1 heterocycles. The van der Waals surface area contributed by atoms with Gasteiger partial charge in [-0.25, -0.2) is 5.43 Å². The molecule has 0 bridgehead atoms. The maximum absolute atomic E-state index is 12.5. The van der Waals surface area contributed by atoms with Gasteiger partial charge in [-0.05, 0) is 43.7 Å². The van der Waals surface area contributed by atoms with E-state index in [2.05, 4.69) is 20.7 Å². The van der Waals surface area contributed by atoms with E-state index in [0.29, 0.717) is 22.3 Å². The fourth-order valence-electron chi connectivity index (χ4n) is 3.26. The fraction of sp³-hybridized carbons (Fsp3) is 0.120. The van der Waals surface area contributed by atoms with Gasteiger partial charge in [-0.15, -0.1) is 10.2 Å². The first-order valence-electron chi connectivity index (χ1n) is 10.7. The van der Waals surface area contributed by atoms with Crippen LogP contribution < -0.4 is 5.43 Å². The number of nitrogens with zero attached hydrogens (tertiary/aromatic N) is 5. The predicted molar refractivity (Wildman–Crippen MR) is 136 cm³/mol. The summed E-state index contributed by atoms with van der Waals surface area (Å²) in [4.78, 5) is 22.8. The topological polar surface area (TPSA) is 115 Å². The Hall–Kier alpha value is -4.31. The molecular formula is C25H22N6O3S. The maximum atomic E-state index is 12.5. The summed E-state index contributed by atoms with van der Waals surface area (Å²) in [6.45, 7) is 3.74. The lowest BCUT2D eigenvalue weighted by molar-refractivity contribution is -0.384. The zero-order chi connectivity index (χ0) is 24.8. The second-order valence-corrected chi connectivity index (χ2v) is 8.61. The zero-order valence-corrected chi connectivity index (χ0v) is 19.9. The van der Waals surface area contributed by atoms with Crippen LogP contribution in [0.15, 0.2) is 89.1 Å². The number of aryl methyl sites for hydroxylation is 1. The number of amides is 1. The highest BCUT2D eigenvalue weighted by atomic mass is 32.2. The van der Waals surface area contributed by atoms with Crippen molar-refractivity contribution in [2.75, 3.05) is 5.75 Å². The van der Waals surface area contributed by atoms with E-state index in [4.69, 9.17) is 0 Å². The van der Waals surface area contributed by atoms with Crippen molar-refractivity contribution in [2.24, 2.45) is 5.10 Å². The lowest BCUT2D eigenvalue weighted by Crippen LogP contribution is -2.21. The SMILES string of the molecule is C/C(=N\NC(=O)CSc1nnc(-c2ccccc2)n1-c1ccc(C)cc1)c1ccc([N+](=O)[O-])cc1. The molecule has 0 saturated carbocycles. The average Bonchev–Trinajstić information content (AvgIpc) is 3.31. The molecule has 9 nitrogen and oxygen atoms in total. The predicted octanol–water partition coefficient (Wildman–Crippen LogP) is 4.78. The third kappa shape index (κ3) is 5.79. The van der Waals surface area contributed by atoms with E-state index >= 15 is 0 Å². The number of carbonyl (C=O) groups excluding carboxylic acids is 1. The third-order valence-electron chi connectivity index (χ3n) is 5.13. The van der Waals surface area contributed by atoms with E-state index in [-0.39, 0.29) is 17.3 Å². The molecule has 0 unspecified atom stereocenters. The van der Waals surface area contributed by atoms with Gasteiger partial charge in [0.1, 0.15) is 0 Å². The molecule has 176 valence electrons. The van der Waals surface area contributed by atoms with Crippen molar-refractivity contribution in [1.29, 1.82) is 0 Å². The van der Waals surface area contributed by atoms with Gasteiger partial charge in [0.25, 0.3) is 11.6 Å². The minimum absolute atomic E-state index is 0.00505. The molecule has 0 radical (unpaired) electrons. The standard InChI is InChI=1S/C25H22N6O3S/c1-17-8-12-21(13-9-17)30-24(20-6-4-3-5-7-20)28-29-25(30)35-16-23(32)27-26-18(2)19-10-14-22(15-11-19)31(33)34/h3-15H,16H2,1-2H3,(H,27,32)/b26-18+. The number of hydrazone groups is 1. The van der Waals surface area contributed by atoms with Crippen LogP contribution in [0.5, 0.6) is 0 Å². The minimum Gasteiger partial charge on any atom is -0.272 e. The van der Waals surface area contributed by atoms with E-state index in [0.717, 1.165) is 16.8 Å². The van der Waals surface area contributed by atoms with Crippen molar-refractivity contribution in [3.05, 3.63) is 100 Å². The first-order valence-corrected chi connectivity index (χ1v) is 11.7. The van der Waals surface area contributed by atoms with Gasteiger partial charge >= 0.3 is 0 Å². The van der Waals surface area contributed by atoms with Crippen LogP contribution in [0.1, 0.15) is 18.1 Å². The summed E-state index contributed by atoms with van der Waals surface area (Å²) in [6.07, 6.45) is 0. The molecule has 0 spiro atoms. The van der Waals surface area contributed by atoms with Gasteiger partial charge in [-0.2, -0.15) is 5.10 Å². The second-order valence-electron chi connectivity index (χ2n) is 7.67. The molecule has 1 aromatic heterocycles. The van der Waals surface area contributed by atoms with Crippen LogP contribution in [-0.4, -0.2) is 37.1 Å². The highest BCUT2D eigenvalue weighted by molar-refractivity contribution is 7.99. The maximum Gasteiger partial charge on any atom is 0.269 e. The Kier molecular flexibility index (Phi) is 7.32. The number of nitrogens with one attached hydrogen (secondary N) is 1. The Morgan fingerprint density at radius 2 is 1.71 bits per heavy atom. The van der Waals surface area contributed by atoms with Crippen LogP contribution in [0.4, 0.5) is 5.69 Å². The van der Waals surface area contributed by atoms with Crippen molar-refractivity contribution in [2.45, 2.75) is 19.0 Å². The average molecular weight is 487 g/mol. The number of benzene rings is 3. The summed E-state index contributed by atoms with van der Waals surface area (Å²) in [5, 5.41) is 24.2. The summed E-state index contributed by atoms with van der Waals surface area (Å²) >= 11 is 1.26. The van der Waals surface area contributed by atoms with Crippen molar-refractivity contribution >= 4 is 29.1 Å². The molecule has 1 amide bonds. The molecule has 0 saturated heterocycles. The first-order chi connectivity index (χ1) is 16.9. The van der Waals surface area contributed by atoms with E-state index in [9.17, 15) is 14.9 Å². The summed E-state index contributed by atoms with van der Waals surface area (Å²) < 4.78 is 1.93. The number of nitro benzene ring substituents is 1. The molecule has 0 atom stereocenters. The summed E-state index contributed by atoms with van der Waals surface area (Å²) in [5.74, 6) is 0.455. The Labute approximate surface area is 206 Å². The fourth-order valence-corrected chi connectivity index (χ4v) is 4.01. The molecule has 0 fully saturated rings. The van der Waals surface area contributed by atoms with Crippen molar-refractivity contribution < 1.29 is 9.72 Å². The highest BCUT2D eigenvalue weighted by Gasteiger charge is 2.17. The first kappa shape index (κ1) is 23.8. The molecule has 35 heavy (non-hydrogen) atoms. The monoisotopic (exact) mass is 486 g/mol. The van der Waals surface area contributed by atoms with Crippen LogP contribution >= 0.6 is 11.8 Å². The minimum atomic E-state index is -0.464. The van der Waals surface area contributed by atoms with E-state index in [1.807, 2.05) is 66.1 Å². The van der Waals surface area contributed by atoms with Gasteiger partial charge < -0.3 is 0 Å². The van der Waals surface area contributed by atoms with Gasteiger partial charge in [-0.3, -0.25) is 19.5 Å². The van der Waals surface area contributed by atoms with E-state index in [1.165, 1.54) is 23.9 Å². The van der Waals surface area contributed by atoms with Crippen LogP contribution in [0.25, 0.3) is 17.1 Å². The number of nitro groups is 1. The lowest BCUT2D eigenvalue weighted by atomic mass is 10.1. The van der Waals surface area contributed by atoms with Gasteiger partial charge in [0.15, 0.2) is 11.0 Å². The van der Waals surface area contributed by atoms with Gasteiger partial charge in [-0.1, -0.05) is 59.8 Å². The largest absolute Gasteiger partial charge is 0.272 e. The van der Waals surface area contributed by atoms with Crippen LogP contribution in [0.3, 0.4) is 0 Å². The van der Waals surface area contributed by atoms with Gasteiger partial charge in [0, 0.05) is 23.4 Å². The quantitative estimate of drug-likeness (QED) is 0.166. The third-order valence-corrected chi connectivity index (χ3v) is 6.06. The Morgan fingerprint density at radius 3 is 2.37 bits per heavy atom. The number of hydrogen-bond donors (Lipinski definition) is 1. The Balaban J connectivity index is 1.48. The number of non-ortho nitro benzene ring substituents is 1. The van der Waals surface area contributed by atoms with Gasteiger partial charge in [0.05, 0.1) is 16.4 Å². The molecule has 4 aromatic rings. The molecule has 0 aliphatic heterocycles. The molecule has 1 N–H and O–H groups in total. The number of carbonyl (C=O) groups is 1. The van der Waals surface area contributed by atoms with Crippen molar-refractivity contribution in [3.8, 4) is 17.1 Å². The number of hydrogen-bond acceptors (Lipinski definition) is 7. The summed E-state index contributed by atoms with van der Waals surface area (Å²) in [7, 11) is 0. The lowest BCUT2D eigenvalue weighted by Gasteiger charge is -2.10. The van der Waals surface area contributed by atoms with Crippen molar-refractivity contribution in [3.63, 3.8) is 0 Å². The summed E-state index contributed by atoms with van der Waals surface area (Å²) in [6, 6.07) is 23.7. The molecule has 4 rings (SSSR count). The number of thioether (sulfide) groups is 1. The number of aromatic nitrogens is 3. The summed E-state index contributed by atoms with van der Waals surface area (Å²) in [5.41, 5.74) is 6.69. The van der Waals surface area contributed by atoms with Crippen LogP contribution in [0, 0.1) is 17.0 Å². The molecule has 0 aliphatic rings. The van der Waals surface area contributed by atoms with Gasteiger partial charge in [0.2, 0.25) is 0 Å². The van der Waals surface area contributed by atoms with Crippen molar-refractivity contribution in [1.82, 2.24) is 20.2 Å². The normalized spacial score (nSPS) is 11.3. The van der Waals surface area contributed by atoms with Crippen LogP contribution in [0.2, 0.25) is 0 Å². The second kappa shape index (κ2) is 10.7.